The molecule has 92 valence electrons. The Bertz CT molecular complexity index is 420. The van der Waals surface area contributed by atoms with E-state index < -0.39 is 0 Å². The van der Waals surface area contributed by atoms with Gasteiger partial charge in [-0.25, -0.2) is 4.39 Å². The topological polar surface area (TPSA) is 3.24 Å². The fourth-order valence-corrected chi connectivity index (χ4v) is 2.76. The predicted molar refractivity (Wildman–Crippen MR) is 73.4 cm³/mol. The summed E-state index contributed by atoms with van der Waals surface area (Å²) in [5.41, 5.74) is 2.28. The Morgan fingerprint density at radius 3 is 2.59 bits per heavy atom. The summed E-state index contributed by atoms with van der Waals surface area (Å²) < 4.78 is 14.1. The van der Waals surface area contributed by atoms with E-state index in [1.54, 1.807) is 6.07 Å². The molecule has 0 aliphatic heterocycles. The lowest BCUT2D eigenvalue weighted by Crippen LogP contribution is -2.28. The number of rotatable bonds is 2. The summed E-state index contributed by atoms with van der Waals surface area (Å²) in [7, 11) is 4.23. The minimum atomic E-state index is -0.176. The van der Waals surface area contributed by atoms with Crippen LogP contribution < -0.4 is 0 Å². The zero-order chi connectivity index (χ0) is 12.4. The lowest BCUT2D eigenvalue weighted by Gasteiger charge is -2.27. The Hall–Kier alpha value is -0.670. The first-order valence-electron chi connectivity index (χ1n) is 5.88. The number of halogens is 2. The third-order valence-corrected chi connectivity index (χ3v) is 3.80. The highest BCUT2D eigenvalue weighted by atomic mass is 79.9. The van der Waals surface area contributed by atoms with E-state index in [0.29, 0.717) is 6.04 Å². The molecule has 1 aliphatic rings. The van der Waals surface area contributed by atoms with Gasteiger partial charge in [-0.05, 0) is 62.7 Å². The van der Waals surface area contributed by atoms with E-state index in [0.717, 1.165) is 29.3 Å². The van der Waals surface area contributed by atoms with Gasteiger partial charge >= 0.3 is 0 Å². The molecule has 0 unspecified atom stereocenters. The van der Waals surface area contributed by atoms with Crippen LogP contribution in [-0.4, -0.2) is 25.0 Å². The second kappa shape index (κ2) is 5.32. The number of nitrogens with zero attached hydrogens (tertiary/aromatic N) is 1. The van der Waals surface area contributed by atoms with Crippen molar-refractivity contribution < 1.29 is 4.39 Å². The Morgan fingerprint density at radius 1 is 1.29 bits per heavy atom. The lowest BCUT2D eigenvalue weighted by molar-refractivity contribution is 0.277. The Kier molecular flexibility index (Phi) is 4.00. The van der Waals surface area contributed by atoms with Crippen LogP contribution in [-0.2, 0) is 0 Å². The van der Waals surface area contributed by atoms with Gasteiger partial charge in [0.05, 0.1) is 0 Å². The normalized spacial score (nSPS) is 20.5. The molecule has 0 fully saturated rings. The maximum Gasteiger partial charge on any atom is 0.124 e. The summed E-state index contributed by atoms with van der Waals surface area (Å²) in [6, 6.07) is 5.73. The van der Waals surface area contributed by atoms with Gasteiger partial charge in [0.15, 0.2) is 0 Å². The average molecular weight is 298 g/mol. The van der Waals surface area contributed by atoms with Crippen LogP contribution in [0.4, 0.5) is 4.39 Å². The number of benzene rings is 1. The van der Waals surface area contributed by atoms with E-state index in [2.05, 4.69) is 41.0 Å². The van der Waals surface area contributed by atoms with E-state index in [4.69, 9.17) is 0 Å². The Balaban J connectivity index is 2.19. The first-order valence-corrected chi connectivity index (χ1v) is 6.67. The van der Waals surface area contributed by atoms with Crippen molar-refractivity contribution in [2.24, 2.45) is 0 Å². The molecule has 0 N–H and O–H groups in total. The largest absolute Gasteiger partial charge is 0.306 e. The molecular weight excluding hydrogens is 281 g/mol. The van der Waals surface area contributed by atoms with Gasteiger partial charge in [0.25, 0.3) is 0 Å². The molecule has 1 atom stereocenters. The minimum Gasteiger partial charge on any atom is -0.306 e. The molecule has 0 amide bonds. The van der Waals surface area contributed by atoms with Crippen molar-refractivity contribution in [2.75, 3.05) is 14.1 Å². The summed E-state index contributed by atoms with van der Waals surface area (Å²) in [6.07, 6.45) is 5.47. The van der Waals surface area contributed by atoms with Crippen molar-refractivity contribution in [3.63, 3.8) is 0 Å². The van der Waals surface area contributed by atoms with Gasteiger partial charge in [-0.3, -0.25) is 0 Å². The second-order valence-corrected chi connectivity index (χ2v) is 5.69. The monoisotopic (exact) mass is 297 g/mol. The zero-order valence-electron chi connectivity index (χ0n) is 10.2. The van der Waals surface area contributed by atoms with Gasteiger partial charge in [0.1, 0.15) is 5.82 Å². The zero-order valence-corrected chi connectivity index (χ0v) is 11.8. The quantitative estimate of drug-likeness (QED) is 0.795. The van der Waals surface area contributed by atoms with Crippen LogP contribution in [0.25, 0.3) is 5.57 Å². The highest BCUT2D eigenvalue weighted by Gasteiger charge is 2.17. The molecule has 2 rings (SSSR count). The second-order valence-electron chi connectivity index (χ2n) is 4.78. The van der Waals surface area contributed by atoms with Crippen molar-refractivity contribution >= 4 is 21.5 Å². The van der Waals surface area contributed by atoms with Crippen molar-refractivity contribution in [1.29, 1.82) is 0 Å². The van der Waals surface area contributed by atoms with Crippen LogP contribution in [0, 0.1) is 5.82 Å². The van der Waals surface area contributed by atoms with E-state index in [1.807, 2.05) is 6.07 Å². The molecular formula is C14H17BrFN. The van der Waals surface area contributed by atoms with Gasteiger partial charge in [-0.1, -0.05) is 22.0 Å². The van der Waals surface area contributed by atoms with Crippen molar-refractivity contribution in [1.82, 2.24) is 4.90 Å². The summed E-state index contributed by atoms with van der Waals surface area (Å²) in [5, 5.41) is 0. The fraction of sp³-hybridized carbons (Fsp3) is 0.429. The SMILES string of the molecule is CN(C)[C@H]1CC=C(c2cc(F)cc(Br)c2)CC1. The number of hydrogen-bond acceptors (Lipinski definition) is 1. The molecule has 0 heterocycles. The van der Waals surface area contributed by atoms with E-state index in [-0.39, 0.29) is 5.82 Å². The lowest BCUT2D eigenvalue weighted by atomic mass is 9.90. The van der Waals surface area contributed by atoms with Gasteiger partial charge in [0, 0.05) is 10.5 Å². The maximum atomic E-state index is 13.3. The molecule has 0 saturated carbocycles. The van der Waals surface area contributed by atoms with Crippen molar-refractivity contribution in [2.45, 2.75) is 25.3 Å². The summed E-state index contributed by atoms with van der Waals surface area (Å²) in [5.74, 6) is -0.176. The Morgan fingerprint density at radius 2 is 2.06 bits per heavy atom. The standard InChI is InChI=1S/C14H17BrFN/c1-17(2)14-5-3-10(4-6-14)11-7-12(15)9-13(16)8-11/h3,7-9,14H,4-6H2,1-2H3/t14-/m0/s1. The smallest absolute Gasteiger partial charge is 0.124 e. The van der Waals surface area contributed by atoms with E-state index in [9.17, 15) is 4.39 Å². The van der Waals surface area contributed by atoms with Crippen LogP contribution in [0.2, 0.25) is 0 Å². The maximum absolute atomic E-state index is 13.3. The first-order chi connectivity index (χ1) is 8.06. The molecule has 0 spiro atoms. The van der Waals surface area contributed by atoms with Crippen molar-refractivity contribution in [3.05, 3.63) is 40.1 Å². The number of hydrogen-bond donors (Lipinski definition) is 0. The van der Waals surface area contributed by atoms with E-state index in [1.165, 1.54) is 11.6 Å². The van der Waals surface area contributed by atoms with Crippen molar-refractivity contribution in [3.8, 4) is 0 Å². The van der Waals surface area contributed by atoms with Gasteiger partial charge in [-0.2, -0.15) is 0 Å². The molecule has 0 aromatic heterocycles. The molecule has 0 bridgehead atoms. The average Bonchev–Trinajstić information content (AvgIpc) is 2.28. The predicted octanol–water partition coefficient (Wildman–Crippen LogP) is 4.09. The molecule has 17 heavy (non-hydrogen) atoms. The van der Waals surface area contributed by atoms with Crippen LogP contribution in [0.5, 0.6) is 0 Å². The van der Waals surface area contributed by atoms with Crippen LogP contribution in [0.15, 0.2) is 28.7 Å². The third-order valence-electron chi connectivity index (χ3n) is 3.35. The summed E-state index contributed by atoms with van der Waals surface area (Å²) in [6.45, 7) is 0. The third kappa shape index (κ3) is 3.17. The Labute approximate surface area is 110 Å². The fourth-order valence-electron chi connectivity index (χ4n) is 2.29. The highest BCUT2D eigenvalue weighted by Crippen LogP contribution is 2.30. The number of allylic oxidation sites excluding steroid dienone is 1. The van der Waals surface area contributed by atoms with Gasteiger partial charge in [0.2, 0.25) is 0 Å². The molecule has 1 aliphatic carbocycles. The molecule has 1 aromatic rings. The molecule has 3 heteroatoms. The summed E-state index contributed by atoms with van der Waals surface area (Å²) >= 11 is 3.34. The molecule has 0 saturated heterocycles. The van der Waals surface area contributed by atoms with Gasteiger partial charge in [-0.15, -0.1) is 0 Å². The minimum absolute atomic E-state index is 0.176. The molecule has 1 nitrogen and oxygen atoms in total. The van der Waals surface area contributed by atoms with Crippen LogP contribution in [0.1, 0.15) is 24.8 Å². The molecule has 1 aromatic carbocycles. The van der Waals surface area contributed by atoms with Crippen LogP contribution in [0.3, 0.4) is 0 Å². The summed E-state index contributed by atoms with van der Waals surface area (Å²) in [4.78, 5) is 2.26. The van der Waals surface area contributed by atoms with Gasteiger partial charge < -0.3 is 4.90 Å². The highest BCUT2D eigenvalue weighted by molar-refractivity contribution is 9.10. The first kappa shape index (κ1) is 12.8. The van der Waals surface area contributed by atoms with E-state index >= 15 is 0 Å². The van der Waals surface area contributed by atoms with Crippen LogP contribution >= 0.6 is 15.9 Å². The molecule has 0 radical (unpaired) electrons.